The number of hydrogen-bond donors (Lipinski definition) is 1. The van der Waals surface area contributed by atoms with E-state index in [9.17, 15) is 13.2 Å². The first-order chi connectivity index (χ1) is 10.3. The van der Waals surface area contributed by atoms with E-state index in [1.807, 2.05) is 0 Å². The summed E-state index contributed by atoms with van der Waals surface area (Å²) < 4.78 is 40.1. The van der Waals surface area contributed by atoms with Crippen LogP contribution in [0, 0.1) is 0 Å². The van der Waals surface area contributed by atoms with E-state index in [2.05, 4.69) is 31.2 Å². The molecule has 0 bridgehead atoms. The molecule has 2 heterocycles. The average Bonchev–Trinajstić information content (AvgIpc) is 2.90. The maximum Gasteiger partial charge on any atom is 0.408 e. The van der Waals surface area contributed by atoms with Crippen LogP contribution in [0.5, 0.6) is 0 Å². The quantitative estimate of drug-likeness (QED) is 0.753. The van der Waals surface area contributed by atoms with Crippen LogP contribution in [0.4, 0.5) is 13.2 Å². The Kier molecular flexibility index (Phi) is 5.50. The minimum absolute atomic E-state index is 0.0238. The number of aliphatic hydroxyl groups excluding tert-OH is 1. The minimum Gasteiger partial charge on any atom is -0.396 e. The molecule has 11 heteroatoms. The first-order valence-electron chi connectivity index (χ1n) is 6.20. The van der Waals surface area contributed by atoms with E-state index in [1.54, 1.807) is 11.6 Å². The third-order valence-electron chi connectivity index (χ3n) is 2.73. The lowest BCUT2D eigenvalue weighted by Gasteiger charge is -2.05. The largest absolute Gasteiger partial charge is 0.408 e. The van der Waals surface area contributed by atoms with Crippen LogP contribution < -0.4 is 0 Å². The third-order valence-corrected chi connectivity index (χ3v) is 4.42. The number of halogens is 4. The van der Waals surface area contributed by atoms with Gasteiger partial charge in [0, 0.05) is 25.4 Å². The van der Waals surface area contributed by atoms with Gasteiger partial charge in [-0.1, -0.05) is 11.8 Å². The first-order valence-corrected chi connectivity index (χ1v) is 7.98. The fraction of sp³-hybridized carbons (Fsp3) is 0.545. The molecule has 0 saturated carbocycles. The maximum absolute atomic E-state index is 12.3. The van der Waals surface area contributed by atoms with Crippen LogP contribution in [0.1, 0.15) is 11.5 Å². The smallest absolute Gasteiger partial charge is 0.396 e. The summed E-state index contributed by atoms with van der Waals surface area (Å²) in [5, 5.41) is 21.3. The van der Waals surface area contributed by atoms with Gasteiger partial charge in [-0.2, -0.15) is 18.3 Å². The standard InChI is InChI=1S/C11H13BrF3N5OS/c1-19-9(2-3-21)16-17-10(19)22-5-8-7(12)4-20(18-8)6-11(13,14)15/h4,21H,2-3,5-6H2,1H3. The van der Waals surface area contributed by atoms with Crippen molar-refractivity contribution in [2.75, 3.05) is 6.61 Å². The van der Waals surface area contributed by atoms with Crippen LogP contribution in [-0.4, -0.2) is 42.4 Å². The summed E-state index contributed by atoms with van der Waals surface area (Å²) in [5.74, 6) is 1.00. The second-order valence-electron chi connectivity index (χ2n) is 4.46. The molecule has 6 nitrogen and oxygen atoms in total. The number of aliphatic hydroxyl groups is 1. The second-order valence-corrected chi connectivity index (χ2v) is 6.25. The minimum atomic E-state index is -4.31. The number of aromatic nitrogens is 5. The van der Waals surface area contributed by atoms with E-state index in [0.717, 1.165) is 4.68 Å². The highest BCUT2D eigenvalue weighted by Crippen LogP contribution is 2.26. The van der Waals surface area contributed by atoms with Gasteiger partial charge >= 0.3 is 6.18 Å². The van der Waals surface area contributed by atoms with Crippen LogP contribution in [-0.2, 0) is 25.8 Å². The maximum atomic E-state index is 12.3. The Bertz CT molecular complexity index is 642. The molecule has 0 atom stereocenters. The highest BCUT2D eigenvalue weighted by Gasteiger charge is 2.28. The van der Waals surface area contributed by atoms with Crippen molar-refractivity contribution in [1.82, 2.24) is 24.5 Å². The second kappa shape index (κ2) is 7.01. The fourth-order valence-corrected chi connectivity index (χ4v) is 3.24. The van der Waals surface area contributed by atoms with E-state index in [4.69, 9.17) is 5.11 Å². The van der Waals surface area contributed by atoms with Gasteiger partial charge in [-0.15, -0.1) is 10.2 Å². The third kappa shape index (κ3) is 4.46. The van der Waals surface area contributed by atoms with Gasteiger partial charge in [0.1, 0.15) is 12.4 Å². The summed E-state index contributed by atoms with van der Waals surface area (Å²) in [5.41, 5.74) is 0.501. The molecule has 0 aromatic carbocycles. The molecule has 1 N–H and O–H groups in total. The summed E-state index contributed by atoms with van der Waals surface area (Å²) in [4.78, 5) is 0. The Morgan fingerprint density at radius 1 is 1.36 bits per heavy atom. The van der Waals surface area contributed by atoms with E-state index < -0.39 is 12.7 Å². The van der Waals surface area contributed by atoms with Gasteiger partial charge in [0.05, 0.1) is 16.8 Å². The summed E-state index contributed by atoms with van der Waals surface area (Å²) in [6.45, 7) is -1.15. The number of hydrogen-bond acceptors (Lipinski definition) is 5. The fourth-order valence-electron chi connectivity index (χ4n) is 1.72. The van der Waals surface area contributed by atoms with Gasteiger partial charge in [0.25, 0.3) is 0 Å². The highest BCUT2D eigenvalue weighted by molar-refractivity contribution is 9.10. The Morgan fingerprint density at radius 2 is 2.09 bits per heavy atom. The van der Waals surface area contributed by atoms with Crippen LogP contribution in [0.3, 0.4) is 0 Å². The molecule has 0 fully saturated rings. The van der Waals surface area contributed by atoms with Crippen LogP contribution in [0.15, 0.2) is 15.8 Å². The molecule has 2 aromatic heterocycles. The molecular weight excluding hydrogens is 387 g/mol. The summed E-state index contributed by atoms with van der Waals surface area (Å²) in [6.07, 6.45) is -2.61. The zero-order chi connectivity index (χ0) is 16.3. The molecule has 0 aliphatic heterocycles. The van der Waals surface area contributed by atoms with E-state index in [-0.39, 0.29) is 6.61 Å². The number of thioether (sulfide) groups is 1. The lowest BCUT2D eigenvalue weighted by molar-refractivity contribution is -0.142. The topological polar surface area (TPSA) is 68.8 Å². The van der Waals surface area contributed by atoms with Gasteiger partial charge < -0.3 is 9.67 Å². The number of rotatable bonds is 6. The lowest BCUT2D eigenvalue weighted by Crippen LogP contribution is -2.18. The molecule has 0 aliphatic carbocycles. The Balaban J connectivity index is 2.03. The van der Waals surface area contributed by atoms with Gasteiger partial charge in [0.15, 0.2) is 5.16 Å². The molecule has 0 radical (unpaired) electrons. The van der Waals surface area contributed by atoms with Gasteiger partial charge in [-0.25, -0.2) is 0 Å². The summed E-state index contributed by atoms with van der Waals surface area (Å²) >= 11 is 4.52. The molecule has 22 heavy (non-hydrogen) atoms. The van der Waals surface area contributed by atoms with E-state index in [1.165, 1.54) is 18.0 Å². The van der Waals surface area contributed by atoms with Crippen molar-refractivity contribution >= 4 is 27.7 Å². The normalized spacial score (nSPS) is 12.1. The van der Waals surface area contributed by atoms with Crippen molar-refractivity contribution in [3.8, 4) is 0 Å². The van der Waals surface area contributed by atoms with Crippen molar-refractivity contribution in [3.05, 3.63) is 22.2 Å². The Hall–Kier alpha value is -1.07. The molecular formula is C11H13BrF3N5OS. The average molecular weight is 400 g/mol. The highest BCUT2D eigenvalue weighted by atomic mass is 79.9. The summed E-state index contributed by atoms with van der Waals surface area (Å²) in [7, 11) is 1.77. The van der Waals surface area contributed by atoms with E-state index >= 15 is 0 Å². The zero-order valence-electron chi connectivity index (χ0n) is 11.5. The van der Waals surface area contributed by atoms with Gasteiger partial charge in [-0.05, 0) is 15.9 Å². The van der Waals surface area contributed by atoms with Crippen molar-refractivity contribution < 1.29 is 18.3 Å². The predicted octanol–water partition coefficient (Wildman–Crippen LogP) is 2.16. The van der Waals surface area contributed by atoms with Gasteiger partial charge in [0.2, 0.25) is 0 Å². The SMILES string of the molecule is Cn1c(CCO)nnc1SCc1nn(CC(F)(F)F)cc1Br. The zero-order valence-corrected chi connectivity index (χ0v) is 13.9. The molecule has 0 aliphatic rings. The molecule has 0 amide bonds. The molecule has 0 unspecified atom stereocenters. The Morgan fingerprint density at radius 3 is 2.73 bits per heavy atom. The van der Waals surface area contributed by atoms with Crippen LogP contribution in [0.2, 0.25) is 0 Å². The molecule has 122 valence electrons. The molecule has 0 saturated heterocycles. The molecule has 0 spiro atoms. The van der Waals surface area contributed by atoms with Crippen LogP contribution in [0.25, 0.3) is 0 Å². The number of alkyl halides is 3. The van der Waals surface area contributed by atoms with Crippen LogP contribution >= 0.6 is 27.7 Å². The molecule has 2 rings (SSSR count). The van der Waals surface area contributed by atoms with E-state index in [0.29, 0.717) is 33.3 Å². The van der Waals surface area contributed by atoms with Crippen molar-refractivity contribution in [2.24, 2.45) is 7.05 Å². The van der Waals surface area contributed by atoms with Crippen molar-refractivity contribution in [1.29, 1.82) is 0 Å². The summed E-state index contributed by atoms with van der Waals surface area (Å²) in [6, 6.07) is 0. The molecule has 2 aromatic rings. The monoisotopic (exact) mass is 399 g/mol. The number of nitrogens with zero attached hydrogens (tertiary/aromatic N) is 5. The lowest BCUT2D eigenvalue weighted by atomic mass is 10.4. The van der Waals surface area contributed by atoms with Crippen molar-refractivity contribution in [2.45, 2.75) is 30.1 Å². The van der Waals surface area contributed by atoms with Gasteiger partial charge in [-0.3, -0.25) is 4.68 Å². The Labute approximate surface area is 136 Å². The van der Waals surface area contributed by atoms with Crippen molar-refractivity contribution in [3.63, 3.8) is 0 Å². The first kappa shape index (κ1) is 17.3. The predicted molar refractivity (Wildman–Crippen MR) is 77.3 cm³/mol.